The minimum atomic E-state index is -0.708. The molecule has 24 heavy (non-hydrogen) atoms. The van der Waals surface area contributed by atoms with Crippen LogP contribution in [0.4, 0.5) is 4.79 Å². The van der Waals surface area contributed by atoms with Crippen molar-refractivity contribution in [1.29, 1.82) is 0 Å². The molecule has 2 saturated heterocycles. The van der Waals surface area contributed by atoms with Crippen LogP contribution in [0.5, 0.6) is 0 Å². The summed E-state index contributed by atoms with van der Waals surface area (Å²) in [5.74, 6) is 0.718. The van der Waals surface area contributed by atoms with Gasteiger partial charge in [-0.1, -0.05) is 19.9 Å². The largest absolute Gasteiger partial charge is 0.325 e. The van der Waals surface area contributed by atoms with E-state index >= 15 is 0 Å². The lowest BCUT2D eigenvalue weighted by molar-refractivity contribution is -0.134. The maximum Gasteiger partial charge on any atom is 0.325 e. The molecule has 0 unspecified atom stereocenters. The molecule has 3 rings (SSSR count). The first-order valence-corrected chi connectivity index (χ1v) is 9.78. The topological polar surface area (TPSA) is 61.4 Å². The number of imide groups is 1. The fourth-order valence-corrected chi connectivity index (χ4v) is 4.52. The number of carbonyl (C=O) groups excluding carboxylic acids is 2. The van der Waals surface area contributed by atoms with Crippen molar-refractivity contribution >= 4 is 23.3 Å². The van der Waals surface area contributed by atoms with Crippen LogP contribution < -0.4 is 10.6 Å². The van der Waals surface area contributed by atoms with Crippen LogP contribution in [-0.2, 0) is 11.3 Å². The Hall–Kier alpha value is -1.40. The minimum Gasteiger partial charge on any atom is -0.323 e. The summed E-state index contributed by atoms with van der Waals surface area (Å²) in [6, 6.07) is 3.71. The van der Waals surface area contributed by atoms with Crippen molar-refractivity contribution in [1.82, 2.24) is 15.5 Å². The van der Waals surface area contributed by atoms with Gasteiger partial charge in [-0.05, 0) is 62.1 Å². The van der Waals surface area contributed by atoms with Gasteiger partial charge in [-0.2, -0.15) is 0 Å². The molecule has 2 aliphatic heterocycles. The van der Waals surface area contributed by atoms with Gasteiger partial charge in [-0.25, -0.2) is 4.79 Å². The number of urea groups is 1. The minimum absolute atomic E-state index is 0.0200. The summed E-state index contributed by atoms with van der Waals surface area (Å²) in [5.41, 5.74) is -0.708. The third-order valence-electron chi connectivity index (χ3n) is 5.25. The first-order valence-electron chi connectivity index (χ1n) is 8.90. The average Bonchev–Trinajstić information content (AvgIpc) is 3.17. The van der Waals surface area contributed by atoms with Gasteiger partial charge in [-0.15, -0.1) is 11.3 Å². The highest BCUT2D eigenvalue weighted by molar-refractivity contribution is 7.09. The average molecular weight is 350 g/mol. The van der Waals surface area contributed by atoms with Gasteiger partial charge in [0.15, 0.2) is 0 Å². The van der Waals surface area contributed by atoms with Crippen LogP contribution in [-0.4, -0.2) is 35.5 Å². The first kappa shape index (κ1) is 17.4. The summed E-state index contributed by atoms with van der Waals surface area (Å²) in [7, 11) is 0. The second-order valence-electron chi connectivity index (χ2n) is 7.33. The standard InChI is InChI=1S/C18H27N3O2S/c1-13(2)5-8-18(14-6-9-19-10-7-14)16(22)21(17(23)20-18)12-15-4-3-11-24-15/h3-4,11,13-14,19H,5-10,12H2,1-2H3,(H,20,23)/t18-/m0/s1. The fraction of sp³-hybridized carbons (Fsp3) is 0.667. The van der Waals surface area contributed by atoms with E-state index in [0.717, 1.165) is 43.6 Å². The summed E-state index contributed by atoms with van der Waals surface area (Å²) in [4.78, 5) is 28.4. The second-order valence-corrected chi connectivity index (χ2v) is 8.36. The lowest BCUT2D eigenvalue weighted by Crippen LogP contribution is -2.55. The number of piperidine rings is 1. The Bertz CT molecular complexity index is 581. The van der Waals surface area contributed by atoms with Gasteiger partial charge in [0.25, 0.3) is 5.91 Å². The summed E-state index contributed by atoms with van der Waals surface area (Å²) in [5, 5.41) is 8.46. The van der Waals surface area contributed by atoms with Gasteiger partial charge >= 0.3 is 6.03 Å². The molecule has 0 radical (unpaired) electrons. The molecule has 1 aromatic rings. The van der Waals surface area contributed by atoms with E-state index in [2.05, 4.69) is 24.5 Å². The normalized spacial score (nSPS) is 25.5. The number of rotatable bonds is 6. The Morgan fingerprint density at radius 2 is 2.08 bits per heavy atom. The van der Waals surface area contributed by atoms with E-state index in [-0.39, 0.29) is 17.9 Å². The van der Waals surface area contributed by atoms with Crippen LogP contribution in [0.25, 0.3) is 0 Å². The monoisotopic (exact) mass is 349 g/mol. The van der Waals surface area contributed by atoms with Crippen molar-refractivity contribution < 1.29 is 9.59 Å². The zero-order valence-electron chi connectivity index (χ0n) is 14.5. The third-order valence-corrected chi connectivity index (χ3v) is 6.11. The van der Waals surface area contributed by atoms with Crippen molar-refractivity contribution in [2.45, 2.75) is 51.6 Å². The highest BCUT2D eigenvalue weighted by atomic mass is 32.1. The van der Waals surface area contributed by atoms with E-state index in [1.165, 1.54) is 4.90 Å². The summed E-state index contributed by atoms with van der Waals surface area (Å²) in [6.07, 6.45) is 3.57. The maximum absolute atomic E-state index is 13.3. The highest BCUT2D eigenvalue weighted by Gasteiger charge is 2.55. The van der Waals surface area contributed by atoms with E-state index in [4.69, 9.17) is 0 Å². The van der Waals surface area contributed by atoms with Crippen LogP contribution in [0.15, 0.2) is 17.5 Å². The van der Waals surface area contributed by atoms with Gasteiger partial charge < -0.3 is 10.6 Å². The zero-order valence-corrected chi connectivity index (χ0v) is 15.3. The Morgan fingerprint density at radius 1 is 1.33 bits per heavy atom. The van der Waals surface area contributed by atoms with Crippen LogP contribution in [0.1, 0.15) is 44.4 Å². The van der Waals surface area contributed by atoms with Crippen molar-refractivity contribution in [3.63, 3.8) is 0 Å². The second kappa shape index (κ2) is 7.23. The van der Waals surface area contributed by atoms with Gasteiger partial charge in [0.2, 0.25) is 0 Å². The quantitative estimate of drug-likeness (QED) is 0.776. The smallest absolute Gasteiger partial charge is 0.323 e. The maximum atomic E-state index is 13.3. The molecular weight excluding hydrogens is 322 g/mol. The Morgan fingerprint density at radius 3 is 2.71 bits per heavy atom. The predicted molar refractivity (Wildman–Crippen MR) is 95.8 cm³/mol. The molecule has 2 fully saturated rings. The van der Waals surface area contributed by atoms with E-state index in [0.29, 0.717) is 12.5 Å². The van der Waals surface area contributed by atoms with Crippen LogP contribution in [0, 0.1) is 11.8 Å². The molecule has 1 atom stereocenters. The molecule has 3 heterocycles. The Labute approximate surface area is 147 Å². The number of nitrogens with one attached hydrogen (secondary N) is 2. The van der Waals surface area contributed by atoms with E-state index in [1.807, 2.05) is 17.5 Å². The van der Waals surface area contributed by atoms with E-state index < -0.39 is 5.54 Å². The van der Waals surface area contributed by atoms with Crippen molar-refractivity contribution in [2.24, 2.45) is 11.8 Å². The number of thiophene rings is 1. The van der Waals surface area contributed by atoms with Gasteiger partial charge in [0.1, 0.15) is 5.54 Å². The number of hydrogen-bond donors (Lipinski definition) is 2. The molecule has 2 aliphatic rings. The van der Waals surface area contributed by atoms with Crippen molar-refractivity contribution in [2.75, 3.05) is 13.1 Å². The molecule has 0 spiro atoms. The zero-order chi connectivity index (χ0) is 17.2. The predicted octanol–water partition coefficient (Wildman–Crippen LogP) is 2.97. The number of hydrogen-bond acceptors (Lipinski definition) is 4. The van der Waals surface area contributed by atoms with Crippen molar-refractivity contribution in [3.05, 3.63) is 22.4 Å². The number of nitrogens with zero attached hydrogens (tertiary/aromatic N) is 1. The fourth-order valence-electron chi connectivity index (χ4n) is 3.83. The van der Waals surface area contributed by atoms with Crippen LogP contribution in [0.3, 0.4) is 0 Å². The number of amides is 3. The third kappa shape index (κ3) is 3.35. The lowest BCUT2D eigenvalue weighted by atomic mass is 9.74. The molecule has 3 amide bonds. The number of carbonyl (C=O) groups is 2. The summed E-state index contributed by atoms with van der Waals surface area (Å²) >= 11 is 1.58. The molecular formula is C18H27N3O2S. The molecule has 0 saturated carbocycles. The Balaban J connectivity index is 1.84. The van der Waals surface area contributed by atoms with Crippen LogP contribution in [0.2, 0.25) is 0 Å². The molecule has 0 bridgehead atoms. The molecule has 0 aromatic carbocycles. The molecule has 0 aliphatic carbocycles. The van der Waals surface area contributed by atoms with E-state index in [9.17, 15) is 9.59 Å². The lowest BCUT2D eigenvalue weighted by Gasteiger charge is -2.38. The molecule has 6 heteroatoms. The molecule has 1 aromatic heterocycles. The molecule has 5 nitrogen and oxygen atoms in total. The van der Waals surface area contributed by atoms with Gasteiger partial charge in [0, 0.05) is 4.88 Å². The van der Waals surface area contributed by atoms with Gasteiger partial charge in [0.05, 0.1) is 6.54 Å². The summed E-state index contributed by atoms with van der Waals surface area (Å²) in [6.45, 7) is 6.56. The van der Waals surface area contributed by atoms with E-state index in [1.54, 1.807) is 11.3 Å². The SMILES string of the molecule is CC(C)CC[C@@]1(C2CCNCC2)NC(=O)N(Cc2cccs2)C1=O. The summed E-state index contributed by atoms with van der Waals surface area (Å²) < 4.78 is 0. The highest BCUT2D eigenvalue weighted by Crippen LogP contribution is 2.37. The molecule has 2 N–H and O–H groups in total. The van der Waals surface area contributed by atoms with Crippen molar-refractivity contribution in [3.8, 4) is 0 Å². The Kier molecular flexibility index (Phi) is 5.25. The van der Waals surface area contributed by atoms with Gasteiger partial charge in [-0.3, -0.25) is 9.69 Å². The molecule has 132 valence electrons. The van der Waals surface area contributed by atoms with Crippen LogP contribution >= 0.6 is 11.3 Å². The first-order chi connectivity index (χ1) is 11.5.